The van der Waals surface area contributed by atoms with Crippen LogP contribution in [0.15, 0.2) is 46.5 Å². The van der Waals surface area contributed by atoms with Gasteiger partial charge in [-0.2, -0.15) is 10.2 Å². The van der Waals surface area contributed by atoms with Gasteiger partial charge in [-0.15, -0.1) is 0 Å². The van der Waals surface area contributed by atoms with Gasteiger partial charge in [-0.3, -0.25) is 14.5 Å². The van der Waals surface area contributed by atoms with Crippen LogP contribution in [0.2, 0.25) is 0 Å². The van der Waals surface area contributed by atoms with Crippen molar-refractivity contribution >= 4 is 5.65 Å². The molecule has 0 aliphatic rings. The second-order valence-electron chi connectivity index (χ2n) is 5.00. The quantitative estimate of drug-likeness (QED) is 0.548. The summed E-state index contributed by atoms with van der Waals surface area (Å²) in [7, 11) is 1.82. The van der Waals surface area contributed by atoms with E-state index in [1.54, 1.807) is 27.7 Å². The minimum atomic E-state index is -0.563. The Bertz CT molecular complexity index is 1130. The zero-order valence-corrected chi connectivity index (χ0v) is 12.0. The summed E-state index contributed by atoms with van der Waals surface area (Å²) in [4.78, 5) is 32.1. The first kappa shape index (κ1) is 13.2. The van der Waals surface area contributed by atoms with Crippen molar-refractivity contribution in [3.63, 3.8) is 0 Å². The number of H-pyrrole nitrogens is 2. The first-order chi connectivity index (χ1) is 11.1. The van der Waals surface area contributed by atoms with E-state index in [1.165, 1.54) is 6.20 Å². The number of fused-ring (bicyclic) bond motifs is 1. The number of nitrogens with zero attached hydrogens (tertiary/aromatic N) is 5. The Balaban J connectivity index is 2.02. The summed E-state index contributed by atoms with van der Waals surface area (Å²) in [5, 5.41) is 8.74. The molecule has 0 saturated carbocycles. The number of rotatable bonds is 2. The molecule has 0 spiro atoms. The minimum Gasteiger partial charge on any atom is -0.313 e. The highest BCUT2D eigenvalue weighted by Gasteiger charge is 2.14. The molecule has 4 aromatic heterocycles. The molecule has 9 nitrogen and oxygen atoms in total. The van der Waals surface area contributed by atoms with E-state index in [1.807, 2.05) is 19.3 Å². The maximum atomic E-state index is 12.0. The fourth-order valence-electron chi connectivity index (χ4n) is 2.40. The van der Waals surface area contributed by atoms with Crippen LogP contribution < -0.4 is 11.2 Å². The van der Waals surface area contributed by atoms with Gasteiger partial charge in [-0.05, 0) is 12.1 Å². The van der Waals surface area contributed by atoms with Gasteiger partial charge in [0.1, 0.15) is 0 Å². The van der Waals surface area contributed by atoms with Crippen LogP contribution in [-0.4, -0.2) is 34.3 Å². The van der Waals surface area contributed by atoms with Gasteiger partial charge >= 0.3 is 5.69 Å². The topological polar surface area (TPSA) is 114 Å². The van der Waals surface area contributed by atoms with Crippen molar-refractivity contribution in [3.05, 3.63) is 57.8 Å². The zero-order chi connectivity index (χ0) is 16.0. The van der Waals surface area contributed by atoms with Gasteiger partial charge < -0.3 is 4.98 Å². The lowest BCUT2D eigenvalue weighted by Crippen LogP contribution is -2.23. The van der Waals surface area contributed by atoms with E-state index >= 15 is 0 Å². The second kappa shape index (κ2) is 4.77. The lowest BCUT2D eigenvalue weighted by molar-refractivity contribution is 0.770. The molecule has 0 unspecified atom stereocenters. The van der Waals surface area contributed by atoms with Crippen LogP contribution in [0.1, 0.15) is 0 Å². The zero-order valence-electron chi connectivity index (χ0n) is 12.0. The van der Waals surface area contributed by atoms with Crippen LogP contribution in [-0.2, 0) is 7.05 Å². The maximum Gasteiger partial charge on any atom is 0.325 e. The van der Waals surface area contributed by atoms with Crippen molar-refractivity contribution < 1.29 is 0 Å². The molecule has 0 saturated heterocycles. The lowest BCUT2D eigenvalue weighted by Gasteiger charge is -2.05. The Morgan fingerprint density at radius 3 is 2.70 bits per heavy atom. The van der Waals surface area contributed by atoms with Crippen LogP contribution in [0.5, 0.6) is 0 Å². The number of hydrogen-bond acceptors (Lipinski definition) is 5. The fraction of sp³-hybridized carbons (Fsp3) is 0.0714. The molecule has 0 fully saturated rings. The number of aryl methyl sites for hydroxylation is 1. The first-order valence-corrected chi connectivity index (χ1v) is 6.78. The Morgan fingerprint density at radius 1 is 1.09 bits per heavy atom. The summed E-state index contributed by atoms with van der Waals surface area (Å²) in [6, 6.07) is 3.58. The molecule has 0 aliphatic heterocycles. The van der Waals surface area contributed by atoms with Crippen molar-refractivity contribution in [1.82, 2.24) is 34.3 Å². The minimum absolute atomic E-state index is 0.261. The third kappa shape index (κ3) is 2.14. The Kier molecular flexibility index (Phi) is 2.73. The SMILES string of the molecule is Cn1ccc(-c2cc(-c3c[nH]c(=O)[nH]c3=O)nn3ccnc23)n1. The van der Waals surface area contributed by atoms with E-state index in [0.717, 1.165) is 5.56 Å². The van der Waals surface area contributed by atoms with E-state index in [0.29, 0.717) is 17.0 Å². The van der Waals surface area contributed by atoms with Crippen LogP contribution in [0.3, 0.4) is 0 Å². The Hall–Kier alpha value is -3.49. The summed E-state index contributed by atoms with van der Waals surface area (Å²) in [6.45, 7) is 0. The van der Waals surface area contributed by atoms with Gasteiger partial charge in [-0.1, -0.05) is 0 Å². The maximum absolute atomic E-state index is 12.0. The molecule has 0 aromatic carbocycles. The molecule has 9 heteroatoms. The summed E-state index contributed by atoms with van der Waals surface area (Å²) in [6.07, 6.45) is 6.47. The predicted octanol–water partition coefficient (Wildman–Crippen LogP) is 0.173. The van der Waals surface area contributed by atoms with E-state index in [4.69, 9.17) is 0 Å². The van der Waals surface area contributed by atoms with Crippen molar-refractivity contribution in [2.75, 3.05) is 0 Å². The molecule has 4 aromatic rings. The molecule has 4 rings (SSSR count). The highest BCUT2D eigenvalue weighted by Crippen LogP contribution is 2.25. The number of aromatic nitrogens is 7. The molecule has 23 heavy (non-hydrogen) atoms. The molecule has 2 N–H and O–H groups in total. The largest absolute Gasteiger partial charge is 0.325 e. The summed E-state index contributed by atoms with van der Waals surface area (Å²) in [5.74, 6) is 0. The molecular formula is C14H11N7O2. The van der Waals surface area contributed by atoms with Crippen molar-refractivity contribution in [2.45, 2.75) is 0 Å². The molecule has 0 radical (unpaired) electrons. The van der Waals surface area contributed by atoms with Crippen molar-refractivity contribution in [3.8, 4) is 22.5 Å². The molecule has 0 amide bonds. The van der Waals surface area contributed by atoms with Crippen molar-refractivity contribution in [1.29, 1.82) is 0 Å². The summed E-state index contributed by atoms with van der Waals surface area (Å²) < 4.78 is 3.26. The average Bonchev–Trinajstić information content (AvgIpc) is 3.14. The second-order valence-corrected chi connectivity index (χ2v) is 5.00. The monoisotopic (exact) mass is 309 g/mol. The van der Waals surface area contributed by atoms with Gasteiger partial charge in [0.05, 0.1) is 17.0 Å². The van der Waals surface area contributed by atoms with E-state index in [2.05, 4.69) is 25.1 Å². The van der Waals surface area contributed by atoms with Gasteiger partial charge in [0.25, 0.3) is 5.56 Å². The van der Waals surface area contributed by atoms with E-state index in [9.17, 15) is 9.59 Å². The van der Waals surface area contributed by atoms with Crippen molar-refractivity contribution in [2.24, 2.45) is 7.05 Å². The number of aromatic amines is 2. The highest BCUT2D eigenvalue weighted by molar-refractivity contribution is 5.78. The number of imidazole rings is 1. The normalized spacial score (nSPS) is 11.2. The lowest BCUT2D eigenvalue weighted by atomic mass is 10.1. The standard InChI is InChI=1S/C14H11N7O2/c1-20-4-2-10(18-20)8-6-11(19-21-5-3-15-12(8)21)9-7-16-14(23)17-13(9)22/h2-7H,1H3,(H2,16,17,22,23). The molecule has 0 aliphatic carbocycles. The Morgan fingerprint density at radius 2 is 1.96 bits per heavy atom. The van der Waals surface area contributed by atoms with E-state index in [-0.39, 0.29) is 5.56 Å². The third-order valence-corrected chi connectivity index (χ3v) is 3.44. The summed E-state index contributed by atoms with van der Waals surface area (Å²) >= 11 is 0. The highest BCUT2D eigenvalue weighted by atomic mass is 16.2. The molecule has 0 bridgehead atoms. The van der Waals surface area contributed by atoms with Gasteiger partial charge in [0.2, 0.25) is 0 Å². The number of hydrogen-bond donors (Lipinski definition) is 2. The first-order valence-electron chi connectivity index (χ1n) is 6.78. The van der Waals surface area contributed by atoms with E-state index < -0.39 is 11.2 Å². The smallest absolute Gasteiger partial charge is 0.313 e. The summed E-state index contributed by atoms with van der Waals surface area (Å²) in [5.41, 5.74) is 1.69. The fourth-order valence-corrected chi connectivity index (χ4v) is 2.40. The predicted molar refractivity (Wildman–Crippen MR) is 81.9 cm³/mol. The van der Waals surface area contributed by atoms with Crippen LogP contribution >= 0.6 is 0 Å². The molecular weight excluding hydrogens is 298 g/mol. The Labute approximate surface area is 128 Å². The van der Waals surface area contributed by atoms with Gasteiger partial charge in [-0.25, -0.2) is 14.3 Å². The average molecular weight is 309 g/mol. The molecule has 4 heterocycles. The van der Waals surface area contributed by atoms with Crippen LogP contribution in [0, 0.1) is 0 Å². The van der Waals surface area contributed by atoms with Crippen LogP contribution in [0.25, 0.3) is 28.2 Å². The van der Waals surface area contributed by atoms with Crippen LogP contribution in [0.4, 0.5) is 0 Å². The van der Waals surface area contributed by atoms with Gasteiger partial charge in [0.15, 0.2) is 5.65 Å². The van der Waals surface area contributed by atoms with Gasteiger partial charge in [0, 0.05) is 37.4 Å². The number of nitrogens with one attached hydrogen (secondary N) is 2. The molecule has 114 valence electrons. The third-order valence-electron chi connectivity index (χ3n) is 3.44. The molecule has 0 atom stereocenters.